The summed E-state index contributed by atoms with van der Waals surface area (Å²) in [6, 6.07) is 31.3. The second kappa shape index (κ2) is 20.0. The highest BCUT2D eigenvalue weighted by Gasteiger charge is 2.38. The number of rotatable bonds is 20. The molecule has 1 saturated carbocycles. The van der Waals surface area contributed by atoms with Crippen molar-refractivity contribution in [1.82, 2.24) is 7.94 Å². The molecule has 0 aliphatic heterocycles. The van der Waals surface area contributed by atoms with Crippen LogP contribution in [0.15, 0.2) is 134 Å². The molecule has 2 aromatic heterocycles. The van der Waals surface area contributed by atoms with Crippen molar-refractivity contribution in [3.05, 3.63) is 179 Å². The highest BCUT2D eigenvalue weighted by molar-refractivity contribution is 7.91. The molecule has 72 heavy (non-hydrogen) atoms. The molecule has 2 atom stereocenters. The maximum absolute atomic E-state index is 17.2. The minimum absolute atomic E-state index is 0.00881. The Hall–Kier alpha value is -7.38. The normalized spacial score (nSPS) is 13.8. The molecular formula is C54H50F2N4O10S2. The molecule has 1 fully saturated rings. The Morgan fingerprint density at radius 3 is 1.67 bits per heavy atom. The second-order valence-corrected chi connectivity index (χ2v) is 22.3. The van der Waals surface area contributed by atoms with Crippen LogP contribution in [0.4, 0.5) is 8.78 Å². The third kappa shape index (κ3) is 9.82. The first-order valence-electron chi connectivity index (χ1n) is 23.1. The molecule has 6 aromatic carbocycles. The van der Waals surface area contributed by atoms with Crippen molar-refractivity contribution in [3.63, 3.8) is 0 Å². The fourth-order valence-corrected chi connectivity index (χ4v) is 12.4. The summed E-state index contributed by atoms with van der Waals surface area (Å²) < 4.78 is 104. The van der Waals surface area contributed by atoms with E-state index in [0.717, 1.165) is 3.97 Å². The maximum Gasteiger partial charge on any atom is 0.307 e. The zero-order valence-electron chi connectivity index (χ0n) is 38.9. The van der Waals surface area contributed by atoms with E-state index in [9.17, 15) is 36.6 Å². The Labute approximate surface area is 414 Å². The smallest absolute Gasteiger partial charge is 0.307 e. The number of aliphatic carboxylic acids is 2. The van der Waals surface area contributed by atoms with Gasteiger partial charge in [-0.2, -0.15) is 0 Å². The first kappa shape index (κ1) is 49.6. The minimum atomic E-state index is -4.32. The van der Waals surface area contributed by atoms with Crippen LogP contribution in [0.3, 0.4) is 0 Å². The maximum atomic E-state index is 17.2. The first-order valence-corrected chi connectivity index (χ1v) is 26.1. The summed E-state index contributed by atoms with van der Waals surface area (Å²) in [5.74, 6) is -2.81. The number of carboxylic acid groups (broad SMARTS) is 2. The number of carboxylic acids is 2. The molecule has 0 saturated heterocycles. The number of benzene rings is 6. The Bertz CT molecular complexity index is 3650. The van der Waals surface area contributed by atoms with Crippen LogP contribution in [0.1, 0.15) is 65.6 Å². The minimum Gasteiger partial charge on any atom is -0.489 e. The van der Waals surface area contributed by atoms with Gasteiger partial charge >= 0.3 is 11.9 Å². The van der Waals surface area contributed by atoms with Crippen LogP contribution in [0.5, 0.6) is 11.5 Å². The van der Waals surface area contributed by atoms with Crippen molar-refractivity contribution in [2.24, 2.45) is 11.5 Å². The molecule has 8 aromatic rings. The van der Waals surface area contributed by atoms with Gasteiger partial charge in [0.25, 0.3) is 0 Å². The number of nitrogens with two attached hydrogens (primary N) is 2. The predicted octanol–water partition coefficient (Wildman–Crippen LogP) is 9.08. The van der Waals surface area contributed by atoms with Crippen molar-refractivity contribution in [3.8, 4) is 33.8 Å². The molecule has 18 heteroatoms. The molecule has 0 spiro atoms. The van der Waals surface area contributed by atoms with Crippen LogP contribution in [-0.4, -0.2) is 57.4 Å². The van der Waals surface area contributed by atoms with Gasteiger partial charge in [-0.3, -0.25) is 9.59 Å². The van der Waals surface area contributed by atoms with Gasteiger partial charge in [0.2, 0.25) is 20.0 Å². The number of fused-ring (bicyclic) bond motifs is 2. The van der Waals surface area contributed by atoms with E-state index in [4.69, 9.17) is 20.9 Å². The average Bonchev–Trinajstić information content (AvgIpc) is 3.99. The van der Waals surface area contributed by atoms with Gasteiger partial charge in [0.05, 0.1) is 34.4 Å². The standard InChI is InChI=1S/C54H50F2N4O10S2/c1-32(71(65,66)59-20-18-39-44(41-11-6-10-37(29-57)53(41)55)23-33(25-47(39)59)30-69-49-14-4-2-8-35(49)27-51(61)62)22-46(58)43-13-7-12-42(54(43)56)45-24-34(31-70-50-15-5-3-9-36(50)28-52(63)64)26-48-40(45)19-21-60(48)72(67,68)38-16-17-38/h2-15,18-21,23-26,32,38,46H,16-17,22,27-31,57-58H2,1H3,(H,61,62)(H,63,64). The summed E-state index contributed by atoms with van der Waals surface area (Å²) in [6.07, 6.45) is 2.99. The summed E-state index contributed by atoms with van der Waals surface area (Å²) in [6.45, 7) is 1.12. The number of aromatic nitrogens is 2. The first-order chi connectivity index (χ1) is 34.5. The highest BCUT2D eigenvalue weighted by atomic mass is 32.2. The number of nitrogens with zero attached hydrogens (tertiary/aromatic N) is 2. The van der Waals surface area contributed by atoms with E-state index in [1.807, 2.05) is 0 Å². The number of hydrogen-bond donors (Lipinski definition) is 4. The van der Waals surface area contributed by atoms with Crippen LogP contribution >= 0.6 is 0 Å². The topological polar surface area (TPSA) is 223 Å². The van der Waals surface area contributed by atoms with Crippen molar-refractivity contribution < 1.29 is 54.9 Å². The Kier molecular flexibility index (Phi) is 13.8. The lowest BCUT2D eigenvalue weighted by molar-refractivity contribution is -0.137. The molecule has 14 nitrogen and oxygen atoms in total. The fourth-order valence-electron chi connectivity index (χ4n) is 9.15. The Morgan fingerprint density at radius 2 is 1.14 bits per heavy atom. The summed E-state index contributed by atoms with van der Waals surface area (Å²) in [5, 5.41) is 18.0. The third-order valence-electron chi connectivity index (χ3n) is 13.0. The summed E-state index contributed by atoms with van der Waals surface area (Å²) in [7, 11) is -8.12. The molecule has 1 aliphatic carbocycles. The number of carbonyl (C=O) groups is 2. The molecule has 2 heterocycles. The lowest BCUT2D eigenvalue weighted by atomic mass is 9.94. The third-order valence-corrected chi connectivity index (χ3v) is 17.2. The van der Waals surface area contributed by atoms with E-state index in [0.29, 0.717) is 74.0 Å². The van der Waals surface area contributed by atoms with Crippen molar-refractivity contribution >= 4 is 53.8 Å². The van der Waals surface area contributed by atoms with Gasteiger partial charge in [-0.15, -0.1) is 0 Å². The van der Waals surface area contributed by atoms with Gasteiger partial charge in [0.15, 0.2) is 0 Å². The number of halogens is 2. The Morgan fingerprint density at radius 1 is 0.653 bits per heavy atom. The molecule has 372 valence electrons. The van der Waals surface area contributed by atoms with E-state index >= 15 is 8.78 Å². The van der Waals surface area contributed by atoms with Gasteiger partial charge in [-0.05, 0) is 97.0 Å². The average molecular weight is 1020 g/mol. The molecule has 0 amide bonds. The van der Waals surface area contributed by atoms with Crippen LogP contribution in [-0.2, 0) is 62.2 Å². The highest BCUT2D eigenvalue weighted by Crippen LogP contribution is 2.40. The molecule has 2 unspecified atom stereocenters. The number of ether oxygens (including phenoxy) is 2. The molecule has 9 rings (SSSR count). The lowest BCUT2D eigenvalue weighted by Crippen LogP contribution is -2.29. The van der Waals surface area contributed by atoms with E-state index in [1.54, 1.807) is 109 Å². The zero-order chi connectivity index (χ0) is 51.1. The van der Waals surface area contributed by atoms with Crippen molar-refractivity contribution in [1.29, 1.82) is 0 Å². The largest absolute Gasteiger partial charge is 0.489 e. The van der Waals surface area contributed by atoms with Gasteiger partial charge in [-0.1, -0.05) is 72.8 Å². The molecule has 0 bridgehead atoms. The van der Waals surface area contributed by atoms with Crippen LogP contribution in [0, 0.1) is 11.6 Å². The molecular weight excluding hydrogens is 967 g/mol. The quantitative estimate of drug-likeness (QED) is 0.0561. The van der Waals surface area contributed by atoms with Crippen LogP contribution in [0.2, 0.25) is 0 Å². The van der Waals surface area contributed by atoms with Gasteiger partial charge in [-0.25, -0.2) is 33.6 Å². The van der Waals surface area contributed by atoms with Gasteiger partial charge in [0, 0.05) is 69.1 Å². The lowest BCUT2D eigenvalue weighted by Gasteiger charge is -2.21. The second-order valence-electron chi connectivity index (χ2n) is 17.9. The van der Waals surface area contributed by atoms with Gasteiger partial charge in [0.1, 0.15) is 36.3 Å². The van der Waals surface area contributed by atoms with Crippen molar-refractivity contribution in [2.75, 3.05) is 0 Å². The Balaban J connectivity index is 1.05. The zero-order valence-corrected chi connectivity index (χ0v) is 40.5. The molecule has 6 N–H and O–H groups in total. The van der Waals surface area contributed by atoms with Crippen molar-refractivity contribution in [2.45, 2.75) is 75.3 Å². The van der Waals surface area contributed by atoms with E-state index in [1.165, 1.54) is 35.4 Å². The number of para-hydroxylation sites is 2. The predicted molar refractivity (Wildman–Crippen MR) is 269 cm³/mol. The van der Waals surface area contributed by atoms with E-state index in [2.05, 4.69) is 0 Å². The van der Waals surface area contributed by atoms with E-state index < -0.39 is 60.2 Å². The summed E-state index contributed by atoms with van der Waals surface area (Å²) in [4.78, 5) is 23.2. The molecule has 1 aliphatic rings. The van der Waals surface area contributed by atoms with Gasteiger partial charge < -0.3 is 31.2 Å². The number of hydrogen-bond acceptors (Lipinski definition) is 10. The van der Waals surface area contributed by atoms with Crippen LogP contribution in [0.25, 0.3) is 44.1 Å². The SMILES string of the molecule is CC(CC(N)c1cccc(-c2cc(COc3ccccc3CC(=O)O)cc3c2ccn3S(=O)(=O)C2CC2)c1F)S(=O)(=O)n1ccc2c(-c3cccc(CN)c3F)cc(COc3ccccc3CC(=O)O)cc21. The summed E-state index contributed by atoms with van der Waals surface area (Å²) in [5.41, 5.74) is 16.1. The summed E-state index contributed by atoms with van der Waals surface area (Å²) >= 11 is 0. The fraction of sp³-hybridized carbons (Fsp3) is 0.222. The van der Waals surface area contributed by atoms with Crippen LogP contribution < -0.4 is 20.9 Å². The molecule has 0 radical (unpaired) electrons. The monoisotopic (exact) mass is 1020 g/mol. The van der Waals surface area contributed by atoms with E-state index in [-0.39, 0.29) is 66.8 Å².